The topological polar surface area (TPSA) is 85.3 Å². The molecule has 8 heteroatoms. The van der Waals surface area contributed by atoms with Gasteiger partial charge in [0.2, 0.25) is 0 Å². The molecule has 1 fully saturated rings. The highest BCUT2D eigenvalue weighted by Crippen LogP contribution is 2.41. The summed E-state index contributed by atoms with van der Waals surface area (Å²) in [6.45, 7) is 1.05. The zero-order chi connectivity index (χ0) is 24.4. The summed E-state index contributed by atoms with van der Waals surface area (Å²) in [5, 5.41) is 13.1. The Morgan fingerprint density at radius 1 is 1.14 bits per heavy atom. The molecule has 1 atom stereocenters. The Morgan fingerprint density at radius 3 is 2.69 bits per heavy atom. The first-order valence-corrected chi connectivity index (χ1v) is 12.3. The van der Waals surface area contributed by atoms with Crippen LogP contribution in [0.4, 0.5) is 0 Å². The predicted octanol–water partition coefficient (Wildman–Crippen LogP) is 4.58. The van der Waals surface area contributed by atoms with Gasteiger partial charge < -0.3 is 24.2 Å². The van der Waals surface area contributed by atoms with E-state index in [4.69, 9.17) is 14.2 Å². The number of Topliss-reactive ketones (excluding diaryl/α,β-unsaturated/α-hetero) is 1. The lowest BCUT2D eigenvalue weighted by atomic mass is 9.97. The van der Waals surface area contributed by atoms with Crippen LogP contribution in [-0.4, -0.2) is 48.6 Å². The third-order valence-electron chi connectivity index (χ3n) is 6.19. The quantitative estimate of drug-likeness (QED) is 0.296. The molecule has 1 N–H and O–H groups in total. The number of amides is 1. The first-order valence-electron chi connectivity index (χ1n) is 11.4. The number of methoxy groups -OCH3 is 1. The van der Waals surface area contributed by atoms with Crippen molar-refractivity contribution in [1.29, 1.82) is 0 Å². The van der Waals surface area contributed by atoms with Crippen LogP contribution >= 0.6 is 11.3 Å². The standard InChI is InChI=1S/C27H25NO6S/c1-32-19-7-9-20(10-8-19)33-14-12-28-24(22-5-3-15-35-22)23(26(30)27(28)31)25(29)18-6-11-21-17(16-18)4-2-13-34-21/h3,5-11,15-16,24,29H,2,4,12-14H2,1H3/b25-23-. The summed E-state index contributed by atoms with van der Waals surface area (Å²) in [5.41, 5.74) is 1.58. The largest absolute Gasteiger partial charge is 0.507 e. The van der Waals surface area contributed by atoms with Crippen molar-refractivity contribution in [3.8, 4) is 17.2 Å². The Labute approximate surface area is 207 Å². The maximum absolute atomic E-state index is 13.1. The van der Waals surface area contributed by atoms with Gasteiger partial charge in [-0.25, -0.2) is 0 Å². The number of fused-ring (bicyclic) bond motifs is 1. The van der Waals surface area contributed by atoms with Gasteiger partial charge in [-0.05, 0) is 72.3 Å². The molecule has 1 unspecified atom stereocenters. The number of nitrogens with zero attached hydrogens (tertiary/aromatic N) is 1. The maximum atomic E-state index is 13.1. The van der Waals surface area contributed by atoms with Crippen molar-refractivity contribution in [2.24, 2.45) is 0 Å². The molecule has 1 aromatic heterocycles. The maximum Gasteiger partial charge on any atom is 0.295 e. The highest BCUT2D eigenvalue weighted by Gasteiger charge is 2.46. The molecule has 2 aliphatic heterocycles. The fraction of sp³-hybridized carbons (Fsp3) is 0.259. The molecule has 1 amide bonds. The van der Waals surface area contributed by atoms with Crippen molar-refractivity contribution in [1.82, 2.24) is 4.90 Å². The van der Waals surface area contributed by atoms with E-state index in [2.05, 4.69) is 0 Å². The lowest BCUT2D eigenvalue weighted by molar-refractivity contribution is -0.140. The van der Waals surface area contributed by atoms with Crippen molar-refractivity contribution in [3.05, 3.63) is 81.6 Å². The normalized spacial score (nSPS) is 18.8. The number of ketones is 1. The number of rotatable bonds is 7. The van der Waals surface area contributed by atoms with Crippen LogP contribution in [0, 0.1) is 0 Å². The zero-order valence-electron chi connectivity index (χ0n) is 19.2. The minimum absolute atomic E-state index is 0.0959. The van der Waals surface area contributed by atoms with Crippen LogP contribution in [0.15, 0.2) is 65.6 Å². The summed E-state index contributed by atoms with van der Waals surface area (Å²) in [7, 11) is 1.59. The van der Waals surface area contributed by atoms with Crippen molar-refractivity contribution in [2.45, 2.75) is 18.9 Å². The average Bonchev–Trinajstić information content (AvgIpc) is 3.51. The van der Waals surface area contributed by atoms with Crippen molar-refractivity contribution in [2.75, 3.05) is 26.9 Å². The smallest absolute Gasteiger partial charge is 0.295 e. The number of aliphatic hydroxyl groups excluding tert-OH is 1. The van der Waals surface area contributed by atoms with E-state index in [0.717, 1.165) is 34.8 Å². The molecule has 7 nitrogen and oxygen atoms in total. The van der Waals surface area contributed by atoms with Crippen molar-refractivity contribution in [3.63, 3.8) is 0 Å². The molecule has 180 valence electrons. The van der Waals surface area contributed by atoms with Gasteiger partial charge in [0.1, 0.15) is 29.6 Å². The summed E-state index contributed by atoms with van der Waals surface area (Å²) >= 11 is 1.44. The van der Waals surface area contributed by atoms with E-state index in [-0.39, 0.29) is 24.5 Å². The molecule has 5 rings (SSSR count). The minimum Gasteiger partial charge on any atom is -0.507 e. The Bertz CT molecular complexity index is 1270. The number of carbonyl (C=O) groups is 2. The van der Waals surface area contributed by atoms with E-state index < -0.39 is 17.7 Å². The van der Waals surface area contributed by atoms with Gasteiger partial charge in [0.05, 0.1) is 31.9 Å². The Morgan fingerprint density at radius 2 is 1.94 bits per heavy atom. The number of carbonyl (C=O) groups excluding carboxylic acids is 2. The summed E-state index contributed by atoms with van der Waals surface area (Å²) in [6, 6.07) is 15.6. The van der Waals surface area contributed by atoms with Crippen molar-refractivity contribution >= 4 is 28.8 Å². The third kappa shape index (κ3) is 4.49. The molecule has 0 bridgehead atoms. The SMILES string of the molecule is COc1ccc(OCCN2C(=O)C(=O)/C(=C(\O)c3ccc4c(c3)CCCO4)C2c2cccs2)cc1. The Balaban J connectivity index is 1.43. The molecule has 0 saturated carbocycles. The van der Waals surface area contributed by atoms with Gasteiger partial charge in [-0.1, -0.05) is 6.07 Å². The monoisotopic (exact) mass is 491 g/mol. The number of aryl methyl sites for hydroxylation is 1. The molecule has 35 heavy (non-hydrogen) atoms. The highest BCUT2D eigenvalue weighted by atomic mass is 32.1. The van der Waals surface area contributed by atoms with Crippen molar-refractivity contribution < 1.29 is 28.9 Å². The van der Waals surface area contributed by atoms with E-state index in [1.165, 1.54) is 16.2 Å². The van der Waals surface area contributed by atoms with E-state index in [0.29, 0.717) is 17.9 Å². The van der Waals surface area contributed by atoms with Gasteiger partial charge in [-0.2, -0.15) is 0 Å². The van der Waals surface area contributed by atoms with Gasteiger partial charge in [-0.15, -0.1) is 11.3 Å². The zero-order valence-corrected chi connectivity index (χ0v) is 20.0. The fourth-order valence-corrected chi connectivity index (χ4v) is 5.30. The average molecular weight is 492 g/mol. The van der Waals surface area contributed by atoms with Crippen LogP contribution in [0.3, 0.4) is 0 Å². The number of hydrogen-bond donors (Lipinski definition) is 1. The lowest BCUT2D eigenvalue weighted by Gasteiger charge is -2.24. The van der Waals surface area contributed by atoms with Crippen LogP contribution < -0.4 is 14.2 Å². The molecule has 2 aliphatic rings. The molecule has 0 spiro atoms. The molecular formula is C27H25NO6S. The second-order valence-corrected chi connectivity index (χ2v) is 9.29. The predicted molar refractivity (Wildman–Crippen MR) is 132 cm³/mol. The second-order valence-electron chi connectivity index (χ2n) is 8.31. The number of likely N-dealkylation sites (tertiary alicyclic amines) is 1. The van der Waals surface area contributed by atoms with E-state index in [9.17, 15) is 14.7 Å². The van der Waals surface area contributed by atoms with Gasteiger partial charge in [0, 0.05) is 10.4 Å². The van der Waals surface area contributed by atoms with Crippen LogP contribution in [0.1, 0.15) is 28.5 Å². The molecule has 2 aromatic carbocycles. The molecule has 0 radical (unpaired) electrons. The first-order chi connectivity index (χ1) is 17.1. The molecule has 0 aliphatic carbocycles. The Kier molecular flexibility index (Phi) is 6.46. The van der Waals surface area contributed by atoms with Gasteiger partial charge >= 0.3 is 0 Å². The molecule has 1 saturated heterocycles. The second kappa shape index (κ2) is 9.84. The lowest BCUT2D eigenvalue weighted by Crippen LogP contribution is -2.33. The van der Waals surface area contributed by atoms with E-state index in [1.54, 1.807) is 37.4 Å². The fourth-order valence-electron chi connectivity index (χ4n) is 4.45. The summed E-state index contributed by atoms with van der Waals surface area (Å²) in [6.07, 6.45) is 1.73. The molecule has 3 aromatic rings. The van der Waals surface area contributed by atoms with Gasteiger partial charge in [0.25, 0.3) is 11.7 Å². The van der Waals surface area contributed by atoms with Gasteiger partial charge in [-0.3, -0.25) is 9.59 Å². The molecular weight excluding hydrogens is 466 g/mol. The van der Waals surface area contributed by atoms with E-state index in [1.807, 2.05) is 29.6 Å². The van der Waals surface area contributed by atoms with Crippen LogP contribution in [0.25, 0.3) is 5.76 Å². The number of ether oxygens (including phenoxy) is 3. The summed E-state index contributed by atoms with van der Waals surface area (Å²) < 4.78 is 16.6. The first kappa shape index (κ1) is 23.0. The number of aliphatic hydroxyl groups is 1. The highest BCUT2D eigenvalue weighted by molar-refractivity contribution is 7.10. The number of hydrogen-bond acceptors (Lipinski definition) is 7. The van der Waals surface area contributed by atoms with Crippen LogP contribution in [0.5, 0.6) is 17.2 Å². The Hall–Kier alpha value is -3.78. The third-order valence-corrected chi connectivity index (χ3v) is 7.12. The summed E-state index contributed by atoms with van der Waals surface area (Å²) in [4.78, 5) is 28.5. The summed E-state index contributed by atoms with van der Waals surface area (Å²) in [5.74, 6) is 0.622. The molecule has 3 heterocycles. The van der Waals surface area contributed by atoms with Crippen LogP contribution in [0.2, 0.25) is 0 Å². The van der Waals surface area contributed by atoms with Crippen LogP contribution in [-0.2, 0) is 16.0 Å². The van der Waals surface area contributed by atoms with Gasteiger partial charge in [0.15, 0.2) is 0 Å². The number of thiophene rings is 1. The minimum atomic E-state index is -0.695. The van der Waals surface area contributed by atoms with E-state index >= 15 is 0 Å². The number of benzene rings is 2.